The first-order valence-corrected chi connectivity index (χ1v) is 4.49. The zero-order valence-electron chi connectivity index (χ0n) is 7.62. The summed E-state index contributed by atoms with van der Waals surface area (Å²) in [5.41, 5.74) is 3.88. The lowest BCUT2D eigenvalue weighted by Crippen LogP contribution is -2.13. The Hall–Kier alpha value is -1.38. The Morgan fingerprint density at radius 2 is 2.23 bits per heavy atom. The Morgan fingerprint density at radius 3 is 3.00 bits per heavy atom. The zero-order chi connectivity index (χ0) is 9.26. The van der Waals surface area contributed by atoms with Gasteiger partial charge < -0.3 is 5.21 Å². The van der Waals surface area contributed by atoms with E-state index in [9.17, 15) is 0 Å². The third-order valence-corrected chi connectivity index (χ3v) is 2.37. The van der Waals surface area contributed by atoms with Gasteiger partial charge in [-0.2, -0.15) is 0 Å². The minimum atomic E-state index is 0.772. The lowest BCUT2D eigenvalue weighted by molar-refractivity contribution is 0.317. The molecule has 1 aromatic rings. The van der Waals surface area contributed by atoms with E-state index in [1.165, 1.54) is 0 Å². The fourth-order valence-electron chi connectivity index (χ4n) is 1.73. The summed E-state index contributed by atoms with van der Waals surface area (Å²) < 4.78 is 0. The molecule has 3 nitrogen and oxygen atoms in total. The minimum Gasteiger partial charge on any atom is -0.411 e. The molecular weight excluding hydrogens is 164 g/mol. The number of hydrogen-bond acceptors (Lipinski definition) is 3. The van der Waals surface area contributed by atoms with Crippen LogP contribution in [0, 0.1) is 6.92 Å². The van der Waals surface area contributed by atoms with Crippen LogP contribution in [0.5, 0.6) is 0 Å². The van der Waals surface area contributed by atoms with E-state index in [0.29, 0.717) is 0 Å². The molecule has 1 aromatic heterocycles. The van der Waals surface area contributed by atoms with Gasteiger partial charge in [0.25, 0.3) is 0 Å². The van der Waals surface area contributed by atoms with Crippen molar-refractivity contribution in [1.29, 1.82) is 0 Å². The van der Waals surface area contributed by atoms with Gasteiger partial charge in [-0.05, 0) is 38.3 Å². The largest absolute Gasteiger partial charge is 0.411 e. The second-order valence-electron chi connectivity index (χ2n) is 3.35. The van der Waals surface area contributed by atoms with Crippen LogP contribution < -0.4 is 0 Å². The summed E-state index contributed by atoms with van der Waals surface area (Å²) in [7, 11) is 0. The molecule has 0 saturated carbocycles. The molecule has 0 saturated heterocycles. The molecule has 1 aliphatic carbocycles. The standard InChI is InChI=1S/C10H12N2O/c1-7-5-6-8-9(11-7)3-2-4-10(8)12-13/h5-6,13H,2-4H2,1H3/b12-10+. The van der Waals surface area contributed by atoms with E-state index in [-0.39, 0.29) is 0 Å². The number of fused-ring (bicyclic) bond motifs is 1. The molecule has 0 atom stereocenters. The number of aromatic nitrogens is 1. The molecule has 0 fully saturated rings. The molecule has 13 heavy (non-hydrogen) atoms. The van der Waals surface area contributed by atoms with Gasteiger partial charge in [-0.15, -0.1) is 0 Å². The predicted molar refractivity (Wildman–Crippen MR) is 50.2 cm³/mol. The Balaban J connectivity index is 2.52. The van der Waals surface area contributed by atoms with Gasteiger partial charge in [0.15, 0.2) is 0 Å². The minimum absolute atomic E-state index is 0.772. The number of pyridine rings is 1. The number of oxime groups is 1. The van der Waals surface area contributed by atoms with Crippen LogP contribution in [0.2, 0.25) is 0 Å². The molecule has 0 radical (unpaired) electrons. The molecule has 0 bridgehead atoms. The van der Waals surface area contributed by atoms with Crippen molar-refractivity contribution in [2.45, 2.75) is 26.2 Å². The van der Waals surface area contributed by atoms with Crippen LogP contribution >= 0.6 is 0 Å². The van der Waals surface area contributed by atoms with Crippen LogP contribution in [-0.2, 0) is 6.42 Å². The van der Waals surface area contributed by atoms with E-state index in [0.717, 1.165) is 41.9 Å². The third kappa shape index (κ3) is 1.41. The molecule has 3 heteroatoms. The predicted octanol–water partition coefficient (Wildman–Crippen LogP) is 1.90. The van der Waals surface area contributed by atoms with Gasteiger partial charge in [0.1, 0.15) is 0 Å². The molecule has 0 aliphatic heterocycles. The van der Waals surface area contributed by atoms with Gasteiger partial charge in [0.05, 0.1) is 5.71 Å². The maximum atomic E-state index is 8.77. The number of aryl methyl sites for hydroxylation is 2. The van der Waals surface area contributed by atoms with Crippen molar-refractivity contribution >= 4 is 5.71 Å². The maximum Gasteiger partial charge on any atom is 0.0886 e. The molecule has 0 aromatic carbocycles. The van der Waals surface area contributed by atoms with Crippen LogP contribution in [0.15, 0.2) is 17.3 Å². The summed E-state index contributed by atoms with van der Waals surface area (Å²) >= 11 is 0. The highest BCUT2D eigenvalue weighted by Gasteiger charge is 2.16. The average Bonchev–Trinajstić information content (AvgIpc) is 2.16. The smallest absolute Gasteiger partial charge is 0.0886 e. The van der Waals surface area contributed by atoms with E-state index >= 15 is 0 Å². The first kappa shape index (κ1) is 8.23. The normalized spacial score (nSPS) is 18.7. The second kappa shape index (κ2) is 3.17. The highest BCUT2D eigenvalue weighted by atomic mass is 16.4. The van der Waals surface area contributed by atoms with Crippen molar-refractivity contribution in [1.82, 2.24) is 4.98 Å². The van der Waals surface area contributed by atoms with Crippen LogP contribution in [0.3, 0.4) is 0 Å². The van der Waals surface area contributed by atoms with Gasteiger partial charge in [0, 0.05) is 17.0 Å². The van der Waals surface area contributed by atoms with Crippen LogP contribution in [0.1, 0.15) is 29.8 Å². The summed E-state index contributed by atoms with van der Waals surface area (Å²) in [6, 6.07) is 3.95. The van der Waals surface area contributed by atoms with Crippen molar-refractivity contribution in [2.24, 2.45) is 5.16 Å². The molecule has 1 aliphatic rings. The number of nitrogens with zero attached hydrogens (tertiary/aromatic N) is 2. The van der Waals surface area contributed by atoms with E-state index in [2.05, 4.69) is 10.1 Å². The van der Waals surface area contributed by atoms with Gasteiger partial charge in [-0.1, -0.05) is 5.16 Å². The van der Waals surface area contributed by atoms with Crippen molar-refractivity contribution in [3.05, 3.63) is 29.1 Å². The molecule has 1 heterocycles. The average molecular weight is 176 g/mol. The SMILES string of the molecule is Cc1ccc2c(n1)CCC/C2=N\O. The van der Waals surface area contributed by atoms with Crippen LogP contribution in [0.25, 0.3) is 0 Å². The Bertz CT molecular complexity index is 358. The second-order valence-corrected chi connectivity index (χ2v) is 3.35. The quantitative estimate of drug-likeness (QED) is 0.484. The summed E-state index contributed by atoms with van der Waals surface area (Å²) in [5, 5.41) is 12.1. The van der Waals surface area contributed by atoms with Crippen molar-refractivity contribution < 1.29 is 5.21 Å². The van der Waals surface area contributed by atoms with Crippen LogP contribution in [-0.4, -0.2) is 15.9 Å². The van der Waals surface area contributed by atoms with Gasteiger partial charge >= 0.3 is 0 Å². The molecule has 0 spiro atoms. The fraction of sp³-hybridized carbons (Fsp3) is 0.400. The Kier molecular flexibility index (Phi) is 2.00. The highest BCUT2D eigenvalue weighted by molar-refractivity contribution is 6.01. The Morgan fingerprint density at radius 1 is 1.38 bits per heavy atom. The molecule has 68 valence electrons. The maximum absolute atomic E-state index is 8.77. The molecule has 1 N–H and O–H groups in total. The highest BCUT2D eigenvalue weighted by Crippen LogP contribution is 2.20. The molecular formula is C10H12N2O. The van der Waals surface area contributed by atoms with Crippen LogP contribution in [0.4, 0.5) is 0 Å². The summed E-state index contributed by atoms with van der Waals surface area (Å²) in [5.74, 6) is 0. The Labute approximate surface area is 77.1 Å². The first-order valence-electron chi connectivity index (χ1n) is 4.49. The van der Waals surface area contributed by atoms with Crippen molar-refractivity contribution in [2.75, 3.05) is 0 Å². The van der Waals surface area contributed by atoms with Crippen molar-refractivity contribution in [3.63, 3.8) is 0 Å². The zero-order valence-corrected chi connectivity index (χ0v) is 7.62. The third-order valence-electron chi connectivity index (χ3n) is 2.37. The van der Waals surface area contributed by atoms with E-state index in [4.69, 9.17) is 5.21 Å². The molecule has 0 unspecified atom stereocenters. The molecule has 0 amide bonds. The van der Waals surface area contributed by atoms with Gasteiger partial charge in [-0.3, -0.25) is 4.98 Å². The van der Waals surface area contributed by atoms with E-state index in [1.807, 2.05) is 19.1 Å². The monoisotopic (exact) mass is 176 g/mol. The lowest BCUT2D eigenvalue weighted by Gasteiger charge is -2.15. The van der Waals surface area contributed by atoms with E-state index < -0.39 is 0 Å². The topological polar surface area (TPSA) is 45.5 Å². The van der Waals surface area contributed by atoms with Crippen molar-refractivity contribution in [3.8, 4) is 0 Å². The van der Waals surface area contributed by atoms with E-state index in [1.54, 1.807) is 0 Å². The fourth-order valence-corrected chi connectivity index (χ4v) is 1.73. The summed E-state index contributed by atoms with van der Waals surface area (Å²) in [6.07, 6.45) is 2.88. The number of rotatable bonds is 0. The lowest BCUT2D eigenvalue weighted by atomic mass is 9.94. The first-order chi connectivity index (χ1) is 6.31. The summed E-state index contributed by atoms with van der Waals surface area (Å²) in [6.45, 7) is 1.98. The van der Waals surface area contributed by atoms with Gasteiger partial charge in [-0.25, -0.2) is 0 Å². The van der Waals surface area contributed by atoms with Gasteiger partial charge in [0.2, 0.25) is 0 Å². The number of hydrogen-bond donors (Lipinski definition) is 1. The molecule has 2 rings (SSSR count). The summed E-state index contributed by atoms with van der Waals surface area (Å²) in [4.78, 5) is 4.42.